The number of H-pyrrole nitrogens is 1. The molecule has 7 heteroatoms. The molecule has 0 radical (unpaired) electrons. The van der Waals surface area contributed by atoms with Crippen LogP contribution in [0.25, 0.3) is 0 Å². The Bertz CT molecular complexity index is 574. The summed E-state index contributed by atoms with van der Waals surface area (Å²) >= 11 is 1.56. The fraction of sp³-hybridized carbons (Fsp3) is 0.357. The first kappa shape index (κ1) is 15.5. The summed E-state index contributed by atoms with van der Waals surface area (Å²) in [6, 6.07) is 7.50. The van der Waals surface area contributed by atoms with Crippen LogP contribution in [0.4, 0.5) is 0 Å². The van der Waals surface area contributed by atoms with Gasteiger partial charge in [-0.1, -0.05) is 23.9 Å². The summed E-state index contributed by atoms with van der Waals surface area (Å²) in [7, 11) is 0. The van der Waals surface area contributed by atoms with Crippen LogP contribution in [0.5, 0.6) is 0 Å². The zero-order valence-electron chi connectivity index (χ0n) is 12.1. The molecular weight excluding hydrogens is 286 g/mol. The Kier molecular flexibility index (Phi) is 4.98. The monoisotopic (exact) mass is 305 g/mol. The third-order valence-corrected chi connectivity index (χ3v) is 3.64. The molecule has 21 heavy (non-hydrogen) atoms. The Morgan fingerprint density at radius 3 is 2.67 bits per heavy atom. The van der Waals surface area contributed by atoms with Crippen molar-refractivity contribution in [2.75, 3.05) is 6.54 Å². The van der Waals surface area contributed by atoms with Crippen molar-refractivity contribution in [3.8, 4) is 0 Å². The zero-order valence-corrected chi connectivity index (χ0v) is 12.9. The second kappa shape index (κ2) is 6.73. The number of nitrogens with one attached hydrogen (secondary N) is 2. The molecule has 1 heterocycles. The molecule has 112 valence electrons. The van der Waals surface area contributed by atoms with Gasteiger partial charge in [0.15, 0.2) is 5.16 Å². The van der Waals surface area contributed by atoms with Crippen molar-refractivity contribution in [2.24, 2.45) is 5.73 Å². The van der Waals surface area contributed by atoms with Crippen LogP contribution in [0.2, 0.25) is 0 Å². The number of aromatic amines is 1. The number of nitrogens with two attached hydrogens (primary N) is 1. The van der Waals surface area contributed by atoms with Crippen LogP contribution in [0.1, 0.15) is 29.8 Å². The van der Waals surface area contributed by atoms with Crippen molar-refractivity contribution in [3.63, 3.8) is 0 Å². The number of aromatic nitrogens is 3. The molecule has 0 aliphatic rings. The molecule has 2 rings (SSSR count). The van der Waals surface area contributed by atoms with Gasteiger partial charge in [0.25, 0.3) is 5.91 Å². The summed E-state index contributed by atoms with van der Waals surface area (Å²) in [6.07, 6.45) is 1.48. The Hall–Kier alpha value is -1.86. The van der Waals surface area contributed by atoms with E-state index < -0.39 is 5.54 Å². The van der Waals surface area contributed by atoms with Gasteiger partial charge in [-0.2, -0.15) is 5.10 Å². The van der Waals surface area contributed by atoms with Gasteiger partial charge in [0.1, 0.15) is 6.33 Å². The van der Waals surface area contributed by atoms with Gasteiger partial charge in [0.2, 0.25) is 0 Å². The average molecular weight is 305 g/mol. The lowest BCUT2D eigenvalue weighted by Gasteiger charge is -2.18. The number of carbonyl (C=O) groups is 1. The van der Waals surface area contributed by atoms with Gasteiger partial charge in [-0.05, 0) is 31.5 Å². The Morgan fingerprint density at radius 1 is 1.38 bits per heavy atom. The molecule has 0 fully saturated rings. The molecule has 0 aliphatic carbocycles. The summed E-state index contributed by atoms with van der Waals surface area (Å²) in [6.45, 7) is 4.18. The Morgan fingerprint density at radius 2 is 2.10 bits per heavy atom. The van der Waals surface area contributed by atoms with E-state index in [1.807, 2.05) is 38.1 Å². The highest BCUT2D eigenvalue weighted by atomic mass is 32.2. The fourth-order valence-corrected chi connectivity index (χ4v) is 2.31. The van der Waals surface area contributed by atoms with E-state index in [1.165, 1.54) is 6.33 Å². The smallest absolute Gasteiger partial charge is 0.251 e. The third kappa shape index (κ3) is 5.20. The summed E-state index contributed by atoms with van der Waals surface area (Å²) in [5, 5.41) is 10.2. The van der Waals surface area contributed by atoms with Gasteiger partial charge in [0.05, 0.1) is 0 Å². The summed E-state index contributed by atoms with van der Waals surface area (Å²) < 4.78 is 0. The molecule has 1 aromatic carbocycles. The minimum absolute atomic E-state index is 0.108. The molecule has 0 unspecified atom stereocenters. The van der Waals surface area contributed by atoms with E-state index in [9.17, 15) is 4.79 Å². The Balaban J connectivity index is 1.87. The van der Waals surface area contributed by atoms with E-state index in [0.29, 0.717) is 12.1 Å². The van der Waals surface area contributed by atoms with Crippen molar-refractivity contribution >= 4 is 17.7 Å². The molecule has 4 N–H and O–H groups in total. The lowest BCUT2D eigenvalue weighted by Crippen LogP contribution is -2.45. The van der Waals surface area contributed by atoms with E-state index in [0.717, 1.165) is 16.5 Å². The van der Waals surface area contributed by atoms with Gasteiger partial charge in [-0.15, -0.1) is 0 Å². The number of hydrogen-bond acceptors (Lipinski definition) is 5. The highest BCUT2D eigenvalue weighted by molar-refractivity contribution is 7.98. The average Bonchev–Trinajstić information content (AvgIpc) is 2.95. The maximum atomic E-state index is 12.0. The highest BCUT2D eigenvalue weighted by Gasteiger charge is 2.13. The molecule has 1 amide bonds. The van der Waals surface area contributed by atoms with Crippen LogP contribution in [0.15, 0.2) is 35.7 Å². The number of nitrogens with zero attached hydrogens (tertiary/aromatic N) is 2. The quantitative estimate of drug-likeness (QED) is 0.704. The van der Waals surface area contributed by atoms with E-state index in [-0.39, 0.29) is 5.91 Å². The van der Waals surface area contributed by atoms with Gasteiger partial charge < -0.3 is 11.1 Å². The van der Waals surface area contributed by atoms with Gasteiger partial charge >= 0.3 is 0 Å². The lowest BCUT2D eigenvalue weighted by atomic mass is 10.1. The number of carbonyl (C=O) groups excluding carboxylic acids is 1. The van der Waals surface area contributed by atoms with Crippen molar-refractivity contribution in [3.05, 3.63) is 41.7 Å². The largest absolute Gasteiger partial charge is 0.350 e. The summed E-state index contributed by atoms with van der Waals surface area (Å²) in [5.41, 5.74) is 7.18. The first-order valence-electron chi connectivity index (χ1n) is 6.58. The minimum atomic E-state index is -0.413. The maximum Gasteiger partial charge on any atom is 0.251 e. The van der Waals surface area contributed by atoms with E-state index >= 15 is 0 Å². The van der Waals surface area contributed by atoms with Gasteiger partial charge in [0, 0.05) is 23.4 Å². The third-order valence-electron chi connectivity index (χ3n) is 2.69. The zero-order chi connectivity index (χ0) is 15.3. The van der Waals surface area contributed by atoms with Crippen molar-refractivity contribution in [1.82, 2.24) is 20.5 Å². The van der Waals surface area contributed by atoms with Gasteiger partial charge in [-0.25, -0.2) is 4.98 Å². The van der Waals surface area contributed by atoms with Crippen LogP contribution in [-0.2, 0) is 5.75 Å². The van der Waals surface area contributed by atoms with E-state index in [1.54, 1.807) is 11.8 Å². The van der Waals surface area contributed by atoms with Crippen molar-refractivity contribution < 1.29 is 4.79 Å². The van der Waals surface area contributed by atoms with Crippen LogP contribution >= 0.6 is 11.8 Å². The molecule has 0 atom stereocenters. The molecule has 0 saturated carbocycles. The lowest BCUT2D eigenvalue weighted by molar-refractivity contribution is 0.0946. The predicted molar refractivity (Wildman–Crippen MR) is 83.0 cm³/mol. The number of benzene rings is 1. The van der Waals surface area contributed by atoms with Gasteiger partial charge in [-0.3, -0.25) is 9.89 Å². The second-order valence-corrected chi connectivity index (χ2v) is 6.41. The standard InChI is InChI=1S/C14H19N5OS/c1-14(2,15)8-16-12(20)11-5-3-10(4-6-11)7-21-13-17-9-18-19-13/h3-6,9H,7-8,15H2,1-2H3,(H,16,20)(H,17,18,19). The normalized spacial score (nSPS) is 11.4. The van der Waals surface area contributed by atoms with Crippen molar-refractivity contribution in [1.29, 1.82) is 0 Å². The SMILES string of the molecule is CC(C)(N)CNC(=O)c1ccc(CSc2ncn[nH]2)cc1. The van der Waals surface area contributed by atoms with Crippen LogP contribution in [0.3, 0.4) is 0 Å². The second-order valence-electron chi connectivity index (χ2n) is 5.45. The first-order chi connectivity index (χ1) is 9.94. The number of thioether (sulfide) groups is 1. The molecule has 0 saturated heterocycles. The molecular formula is C14H19N5OS. The number of rotatable bonds is 6. The molecule has 0 bridgehead atoms. The summed E-state index contributed by atoms with van der Waals surface area (Å²) in [5.74, 6) is 0.662. The molecule has 6 nitrogen and oxygen atoms in total. The first-order valence-corrected chi connectivity index (χ1v) is 7.57. The Labute approximate surface area is 127 Å². The highest BCUT2D eigenvalue weighted by Crippen LogP contribution is 2.18. The van der Waals surface area contributed by atoms with Crippen LogP contribution in [0, 0.1) is 0 Å². The van der Waals surface area contributed by atoms with Crippen LogP contribution in [-0.4, -0.2) is 33.2 Å². The predicted octanol–water partition coefficient (Wildman–Crippen LogP) is 1.56. The maximum absolute atomic E-state index is 12.0. The number of amides is 1. The topological polar surface area (TPSA) is 96.7 Å². The fourth-order valence-electron chi connectivity index (χ4n) is 1.58. The van der Waals surface area contributed by atoms with E-state index in [2.05, 4.69) is 20.5 Å². The summed E-state index contributed by atoms with van der Waals surface area (Å²) in [4.78, 5) is 16.0. The van der Waals surface area contributed by atoms with Crippen LogP contribution < -0.4 is 11.1 Å². The molecule has 1 aromatic heterocycles. The van der Waals surface area contributed by atoms with E-state index in [4.69, 9.17) is 5.73 Å². The molecule has 0 aliphatic heterocycles. The number of hydrogen-bond donors (Lipinski definition) is 3. The van der Waals surface area contributed by atoms with Crippen molar-refractivity contribution in [2.45, 2.75) is 30.3 Å². The molecule has 2 aromatic rings. The molecule has 0 spiro atoms. The minimum Gasteiger partial charge on any atom is -0.350 e.